The maximum absolute atomic E-state index is 12.6. The summed E-state index contributed by atoms with van der Waals surface area (Å²) in [6.45, 7) is 2.50. The molecule has 0 aliphatic carbocycles. The average Bonchev–Trinajstić information content (AvgIpc) is 3.29. The van der Waals surface area contributed by atoms with E-state index in [9.17, 15) is 8.42 Å². The molecule has 0 spiro atoms. The molecule has 0 aromatic heterocycles. The van der Waals surface area contributed by atoms with Crippen LogP contribution in [0.3, 0.4) is 0 Å². The van der Waals surface area contributed by atoms with E-state index in [1.165, 1.54) is 0 Å². The summed E-state index contributed by atoms with van der Waals surface area (Å²) in [6.07, 6.45) is 0. The van der Waals surface area contributed by atoms with Crippen molar-refractivity contribution in [1.82, 2.24) is 4.31 Å². The van der Waals surface area contributed by atoms with Crippen LogP contribution in [0.2, 0.25) is 0 Å². The Morgan fingerprint density at radius 3 is 2.33 bits per heavy atom. The molecule has 3 nitrogen and oxygen atoms in total. The van der Waals surface area contributed by atoms with Gasteiger partial charge in [-0.15, -0.1) is 0 Å². The SMILES string of the molecule is Cc1ccc(S(=O)(=O)N2C[C@@H]2[C@H](Br)c2ccccc2)cc1. The van der Waals surface area contributed by atoms with E-state index < -0.39 is 10.0 Å². The molecule has 110 valence electrons. The number of rotatable bonds is 4. The Morgan fingerprint density at radius 2 is 1.71 bits per heavy atom. The molecule has 3 rings (SSSR count). The fraction of sp³-hybridized carbons (Fsp3) is 0.250. The summed E-state index contributed by atoms with van der Waals surface area (Å²) in [5, 5.41) is 0. The summed E-state index contributed by atoms with van der Waals surface area (Å²) in [5.74, 6) is 0. The van der Waals surface area contributed by atoms with Crippen molar-refractivity contribution in [1.29, 1.82) is 0 Å². The minimum Gasteiger partial charge on any atom is -0.207 e. The first kappa shape index (κ1) is 14.8. The fourth-order valence-corrected chi connectivity index (χ4v) is 4.85. The number of hydrogen-bond donors (Lipinski definition) is 0. The summed E-state index contributed by atoms with van der Waals surface area (Å²) >= 11 is 3.62. The first-order valence-corrected chi connectivity index (χ1v) is 9.13. The number of nitrogens with zero attached hydrogens (tertiary/aromatic N) is 1. The van der Waals surface area contributed by atoms with Crippen molar-refractivity contribution < 1.29 is 8.42 Å². The second-order valence-corrected chi connectivity index (χ2v) is 8.14. The predicted molar refractivity (Wildman–Crippen MR) is 87.0 cm³/mol. The Hall–Kier alpha value is -1.17. The predicted octanol–water partition coefficient (Wildman–Crippen LogP) is 3.50. The summed E-state index contributed by atoms with van der Waals surface area (Å²) in [5.41, 5.74) is 2.16. The van der Waals surface area contributed by atoms with Crippen LogP contribution in [0, 0.1) is 6.92 Å². The molecule has 0 saturated carbocycles. The Morgan fingerprint density at radius 1 is 1.10 bits per heavy atom. The van der Waals surface area contributed by atoms with Crippen molar-refractivity contribution in [2.24, 2.45) is 0 Å². The first-order valence-electron chi connectivity index (χ1n) is 6.77. The van der Waals surface area contributed by atoms with Crippen molar-refractivity contribution >= 4 is 26.0 Å². The molecule has 1 aliphatic heterocycles. The highest BCUT2D eigenvalue weighted by molar-refractivity contribution is 9.09. The molecule has 1 heterocycles. The van der Waals surface area contributed by atoms with Crippen molar-refractivity contribution in [3.05, 3.63) is 65.7 Å². The van der Waals surface area contributed by atoms with Crippen LogP contribution in [-0.2, 0) is 10.0 Å². The number of halogens is 1. The molecule has 5 heteroatoms. The molecule has 1 fully saturated rings. The van der Waals surface area contributed by atoms with Gasteiger partial charge in [-0.2, -0.15) is 4.31 Å². The van der Waals surface area contributed by atoms with Crippen LogP contribution in [0.15, 0.2) is 59.5 Å². The zero-order valence-electron chi connectivity index (χ0n) is 11.6. The van der Waals surface area contributed by atoms with Gasteiger partial charge in [0.1, 0.15) is 0 Å². The number of aryl methyl sites for hydroxylation is 1. The fourth-order valence-electron chi connectivity index (χ4n) is 2.36. The minimum absolute atomic E-state index is 0.0151. The van der Waals surface area contributed by atoms with Crippen LogP contribution in [0.5, 0.6) is 0 Å². The molecule has 0 bridgehead atoms. The summed E-state index contributed by atoms with van der Waals surface area (Å²) in [6, 6.07) is 16.9. The minimum atomic E-state index is -3.38. The van der Waals surface area contributed by atoms with E-state index in [2.05, 4.69) is 15.9 Å². The van der Waals surface area contributed by atoms with Crippen LogP contribution >= 0.6 is 15.9 Å². The molecule has 1 unspecified atom stereocenters. The molecule has 0 N–H and O–H groups in total. The largest absolute Gasteiger partial charge is 0.243 e. The molecule has 1 saturated heterocycles. The van der Waals surface area contributed by atoms with Crippen molar-refractivity contribution in [3.8, 4) is 0 Å². The van der Waals surface area contributed by atoms with Gasteiger partial charge in [-0.3, -0.25) is 0 Å². The average molecular weight is 366 g/mol. The van der Waals surface area contributed by atoms with Crippen LogP contribution in [0.25, 0.3) is 0 Å². The third kappa shape index (κ3) is 2.91. The monoisotopic (exact) mass is 365 g/mol. The van der Waals surface area contributed by atoms with Crippen molar-refractivity contribution in [2.45, 2.75) is 22.7 Å². The van der Waals surface area contributed by atoms with E-state index in [1.54, 1.807) is 16.4 Å². The maximum atomic E-state index is 12.6. The van der Waals surface area contributed by atoms with Gasteiger partial charge in [0.05, 0.1) is 15.8 Å². The topological polar surface area (TPSA) is 37.1 Å². The Labute approximate surface area is 133 Å². The van der Waals surface area contributed by atoms with Gasteiger partial charge in [0.25, 0.3) is 0 Å². The van der Waals surface area contributed by atoms with Gasteiger partial charge >= 0.3 is 0 Å². The number of benzene rings is 2. The van der Waals surface area contributed by atoms with Crippen molar-refractivity contribution in [3.63, 3.8) is 0 Å². The van der Waals surface area contributed by atoms with Crippen molar-refractivity contribution in [2.75, 3.05) is 6.54 Å². The lowest BCUT2D eigenvalue weighted by atomic mass is 10.1. The number of alkyl halides is 1. The van der Waals surface area contributed by atoms with Gasteiger partial charge in [-0.1, -0.05) is 64.0 Å². The summed E-state index contributed by atoms with van der Waals surface area (Å²) in [4.78, 5) is 0.391. The highest BCUT2D eigenvalue weighted by Crippen LogP contribution is 2.41. The first-order chi connectivity index (χ1) is 10.00. The second-order valence-electron chi connectivity index (χ2n) is 5.27. The van der Waals surface area contributed by atoms with Gasteiger partial charge in [-0.25, -0.2) is 8.42 Å². The molecule has 2 aromatic carbocycles. The third-order valence-corrected chi connectivity index (χ3v) is 6.73. The molecular formula is C16H16BrNO2S. The van der Waals surface area contributed by atoms with E-state index in [1.807, 2.05) is 49.4 Å². The van der Waals surface area contributed by atoms with Gasteiger partial charge in [-0.05, 0) is 24.6 Å². The molecule has 21 heavy (non-hydrogen) atoms. The van der Waals surface area contributed by atoms with Gasteiger partial charge < -0.3 is 0 Å². The lowest BCUT2D eigenvalue weighted by Gasteiger charge is -2.11. The molecular weight excluding hydrogens is 350 g/mol. The maximum Gasteiger partial charge on any atom is 0.243 e. The summed E-state index contributed by atoms with van der Waals surface area (Å²) in [7, 11) is -3.38. The van der Waals surface area contributed by atoms with Crippen LogP contribution in [0.1, 0.15) is 16.0 Å². The summed E-state index contributed by atoms with van der Waals surface area (Å²) < 4.78 is 26.7. The molecule has 3 atom stereocenters. The van der Waals surface area contributed by atoms with E-state index in [0.29, 0.717) is 11.4 Å². The Bertz CT molecular complexity index is 729. The zero-order valence-corrected chi connectivity index (χ0v) is 14.0. The van der Waals surface area contributed by atoms with Gasteiger partial charge in [0.15, 0.2) is 0 Å². The molecule has 2 aromatic rings. The van der Waals surface area contributed by atoms with Crippen LogP contribution < -0.4 is 0 Å². The third-order valence-electron chi connectivity index (χ3n) is 3.69. The lowest BCUT2D eigenvalue weighted by molar-refractivity contribution is 0.551. The molecule has 0 radical (unpaired) electrons. The number of hydrogen-bond acceptors (Lipinski definition) is 2. The molecule has 1 aliphatic rings. The van der Waals surface area contributed by atoms with E-state index in [0.717, 1.165) is 11.1 Å². The standard InChI is InChI=1S/C16H16BrNO2S/c1-12-7-9-14(10-8-12)21(19,20)18-11-15(18)16(17)13-5-3-2-4-6-13/h2-10,15-16H,11H2,1H3/t15-,16-,18?/m1/s1. The zero-order chi connectivity index (χ0) is 15.0. The second kappa shape index (κ2) is 5.55. The number of sulfonamides is 1. The highest BCUT2D eigenvalue weighted by Gasteiger charge is 2.48. The van der Waals surface area contributed by atoms with Crippen LogP contribution in [0.4, 0.5) is 0 Å². The Kier molecular flexibility index (Phi) is 3.90. The van der Waals surface area contributed by atoms with Crippen LogP contribution in [-0.4, -0.2) is 25.3 Å². The van der Waals surface area contributed by atoms with Gasteiger partial charge in [0, 0.05) is 6.54 Å². The quantitative estimate of drug-likeness (QED) is 0.614. The van der Waals surface area contributed by atoms with Gasteiger partial charge in [0.2, 0.25) is 10.0 Å². The van der Waals surface area contributed by atoms with E-state index in [4.69, 9.17) is 0 Å². The van der Waals surface area contributed by atoms with E-state index >= 15 is 0 Å². The molecule has 0 amide bonds. The highest BCUT2D eigenvalue weighted by atomic mass is 79.9. The Balaban J connectivity index is 1.79. The van der Waals surface area contributed by atoms with E-state index in [-0.39, 0.29) is 10.9 Å². The normalized spacial score (nSPS) is 22.8. The lowest BCUT2D eigenvalue weighted by Crippen LogP contribution is -2.16. The smallest absolute Gasteiger partial charge is 0.207 e.